The molecule has 0 aliphatic carbocycles. The minimum absolute atomic E-state index is 0.141. The number of hydrogen-bond donors (Lipinski definition) is 0. The molecule has 0 bridgehead atoms. The lowest BCUT2D eigenvalue weighted by atomic mass is 10.0. The maximum Gasteiger partial charge on any atom is 0.190 e. The van der Waals surface area contributed by atoms with Crippen LogP contribution in [0.4, 0.5) is 5.82 Å². The van der Waals surface area contributed by atoms with Crippen molar-refractivity contribution in [3.63, 3.8) is 0 Å². The van der Waals surface area contributed by atoms with Gasteiger partial charge in [-0.3, -0.25) is 4.79 Å². The fourth-order valence-electron chi connectivity index (χ4n) is 3.29. The quantitative estimate of drug-likeness (QED) is 0.466. The minimum atomic E-state index is 0.141. The molecule has 6 heteroatoms. The van der Waals surface area contributed by atoms with E-state index in [1.807, 2.05) is 24.5 Å². The Morgan fingerprint density at radius 1 is 1.17 bits per heavy atom. The maximum absolute atomic E-state index is 12.9. The molecule has 0 radical (unpaired) electrons. The van der Waals surface area contributed by atoms with Gasteiger partial charge in [0.25, 0.3) is 0 Å². The minimum Gasteiger partial charge on any atom is -0.356 e. The number of carbonyl (C=O) groups is 1. The molecular weight excluding hydrogens is 338 g/mol. The topological polar surface area (TPSA) is 46.1 Å². The highest BCUT2D eigenvalue weighted by molar-refractivity contribution is 8.00. The molecule has 1 aromatic carbocycles. The number of rotatable bonds is 3. The Kier molecular flexibility index (Phi) is 4.50. The second kappa shape index (κ2) is 6.76. The van der Waals surface area contributed by atoms with Gasteiger partial charge in [-0.1, -0.05) is 53.9 Å². The lowest BCUT2D eigenvalue weighted by molar-refractivity contribution is 0.0975. The predicted molar refractivity (Wildman–Crippen MR) is 99.2 cm³/mol. The number of nitrogens with zero attached hydrogens (tertiary/aromatic N) is 3. The molecule has 2 aromatic rings. The summed E-state index contributed by atoms with van der Waals surface area (Å²) < 4.78 is 0. The van der Waals surface area contributed by atoms with E-state index in [0.29, 0.717) is 6.42 Å². The van der Waals surface area contributed by atoms with E-state index >= 15 is 0 Å². The van der Waals surface area contributed by atoms with Crippen molar-refractivity contribution in [1.29, 1.82) is 0 Å². The van der Waals surface area contributed by atoms with Gasteiger partial charge in [-0.15, -0.1) is 0 Å². The van der Waals surface area contributed by atoms with Crippen molar-refractivity contribution in [2.75, 3.05) is 24.2 Å². The van der Waals surface area contributed by atoms with Crippen LogP contribution in [-0.4, -0.2) is 35.1 Å². The molecule has 0 spiro atoms. The predicted octanol–water partition coefficient (Wildman–Crippen LogP) is 4.22. The van der Waals surface area contributed by atoms with Crippen molar-refractivity contribution in [3.05, 3.63) is 41.5 Å². The first-order chi connectivity index (χ1) is 11.8. The Morgan fingerprint density at radius 2 is 1.92 bits per heavy atom. The number of aromatic nitrogens is 2. The smallest absolute Gasteiger partial charge is 0.190 e. The zero-order chi connectivity index (χ0) is 16.5. The van der Waals surface area contributed by atoms with Crippen molar-refractivity contribution >= 4 is 35.1 Å². The van der Waals surface area contributed by atoms with Crippen LogP contribution >= 0.6 is 23.5 Å². The summed E-state index contributed by atoms with van der Waals surface area (Å²) >= 11 is 3.24. The summed E-state index contributed by atoms with van der Waals surface area (Å²) in [5.74, 6) is 1.03. The van der Waals surface area contributed by atoms with Gasteiger partial charge in [-0.2, -0.15) is 0 Å². The number of hydrogen-bond acceptors (Lipinski definition) is 6. The molecule has 1 atom stereocenters. The molecule has 1 saturated heterocycles. The summed E-state index contributed by atoms with van der Waals surface area (Å²) in [5, 5.41) is 1.74. The molecule has 1 fully saturated rings. The van der Waals surface area contributed by atoms with Crippen molar-refractivity contribution in [2.24, 2.45) is 0 Å². The van der Waals surface area contributed by atoms with Crippen molar-refractivity contribution in [3.8, 4) is 0 Å². The van der Waals surface area contributed by atoms with Crippen molar-refractivity contribution in [2.45, 2.75) is 34.7 Å². The highest BCUT2D eigenvalue weighted by Gasteiger charge is 2.33. The SMILES string of the molecule is CSc1nc2c(c(N3CCCC3)n1)C(=O)CC(c1ccccc1)S2. The Morgan fingerprint density at radius 3 is 2.62 bits per heavy atom. The fourth-order valence-corrected chi connectivity index (χ4v) is 4.97. The zero-order valence-corrected chi connectivity index (χ0v) is 15.2. The summed E-state index contributed by atoms with van der Waals surface area (Å²) in [5.41, 5.74) is 1.93. The van der Waals surface area contributed by atoms with Gasteiger partial charge in [0, 0.05) is 24.8 Å². The lowest BCUT2D eigenvalue weighted by Gasteiger charge is -2.27. The number of anilines is 1. The third-order valence-electron chi connectivity index (χ3n) is 4.50. The molecule has 0 amide bonds. The largest absolute Gasteiger partial charge is 0.356 e. The number of fused-ring (bicyclic) bond motifs is 1. The van der Waals surface area contributed by atoms with Gasteiger partial charge in [0.1, 0.15) is 10.8 Å². The van der Waals surface area contributed by atoms with Gasteiger partial charge in [-0.05, 0) is 24.7 Å². The Labute approximate surface area is 150 Å². The van der Waals surface area contributed by atoms with Gasteiger partial charge in [0.15, 0.2) is 10.9 Å². The first-order valence-electron chi connectivity index (χ1n) is 8.22. The summed E-state index contributed by atoms with van der Waals surface area (Å²) in [7, 11) is 0. The highest BCUT2D eigenvalue weighted by Crippen LogP contribution is 2.46. The van der Waals surface area contributed by atoms with Gasteiger partial charge in [0.2, 0.25) is 0 Å². The summed E-state index contributed by atoms with van der Waals surface area (Å²) in [6, 6.07) is 10.2. The highest BCUT2D eigenvalue weighted by atomic mass is 32.2. The van der Waals surface area contributed by atoms with Crippen LogP contribution in [-0.2, 0) is 0 Å². The average Bonchev–Trinajstić information content (AvgIpc) is 3.16. The Bertz CT molecular complexity index is 760. The number of benzene rings is 1. The number of Topliss-reactive ketones (excluding diaryl/α,β-unsaturated/α-hetero) is 1. The van der Waals surface area contributed by atoms with E-state index in [1.165, 1.54) is 30.2 Å². The maximum atomic E-state index is 12.9. The molecule has 2 aliphatic heterocycles. The first-order valence-corrected chi connectivity index (χ1v) is 10.3. The van der Waals surface area contributed by atoms with E-state index in [2.05, 4.69) is 27.0 Å². The van der Waals surface area contributed by atoms with E-state index < -0.39 is 0 Å². The van der Waals surface area contributed by atoms with Gasteiger partial charge >= 0.3 is 0 Å². The van der Waals surface area contributed by atoms with Gasteiger partial charge in [0.05, 0.1) is 5.56 Å². The third-order valence-corrected chi connectivity index (χ3v) is 6.29. The molecule has 1 aromatic heterocycles. The van der Waals surface area contributed by atoms with E-state index in [4.69, 9.17) is 0 Å². The van der Waals surface area contributed by atoms with Crippen LogP contribution in [0.1, 0.15) is 40.4 Å². The molecule has 2 aliphatic rings. The van der Waals surface area contributed by atoms with Crippen LogP contribution in [0.15, 0.2) is 40.5 Å². The van der Waals surface area contributed by atoms with Crippen LogP contribution in [0.2, 0.25) is 0 Å². The molecule has 4 nitrogen and oxygen atoms in total. The van der Waals surface area contributed by atoms with Crippen LogP contribution in [0.3, 0.4) is 0 Å². The number of ketones is 1. The standard InChI is InChI=1S/C18H19N3OS2/c1-23-18-19-16(21-9-5-6-10-21)15-13(22)11-14(24-17(15)20-18)12-7-3-2-4-8-12/h2-4,7-8,14H,5-6,9-11H2,1H3. The van der Waals surface area contributed by atoms with Gasteiger partial charge in [-0.25, -0.2) is 9.97 Å². The summed E-state index contributed by atoms with van der Waals surface area (Å²) in [6.45, 7) is 1.97. The normalized spacial score (nSPS) is 20.3. The van der Waals surface area contributed by atoms with E-state index in [-0.39, 0.29) is 11.0 Å². The third kappa shape index (κ3) is 2.93. The van der Waals surface area contributed by atoms with Gasteiger partial charge < -0.3 is 4.90 Å². The Balaban J connectivity index is 1.76. The van der Waals surface area contributed by atoms with Crippen LogP contribution < -0.4 is 4.90 Å². The molecule has 1 unspecified atom stereocenters. The average molecular weight is 358 g/mol. The number of carbonyl (C=O) groups excluding carboxylic acids is 1. The van der Waals surface area contributed by atoms with Crippen LogP contribution in [0, 0.1) is 0 Å². The molecular formula is C18H19N3OS2. The summed E-state index contributed by atoms with van der Waals surface area (Å²) in [4.78, 5) is 24.5. The molecule has 0 saturated carbocycles. The van der Waals surface area contributed by atoms with Crippen LogP contribution in [0.5, 0.6) is 0 Å². The second-order valence-electron chi connectivity index (χ2n) is 6.05. The Hall–Kier alpha value is -1.53. The van der Waals surface area contributed by atoms with E-state index in [0.717, 1.165) is 34.7 Å². The molecule has 4 rings (SSSR count). The monoisotopic (exact) mass is 357 g/mol. The number of thioether (sulfide) groups is 2. The van der Waals surface area contributed by atoms with E-state index in [9.17, 15) is 4.79 Å². The van der Waals surface area contributed by atoms with Crippen molar-refractivity contribution < 1.29 is 4.79 Å². The zero-order valence-electron chi connectivity index (χ0n) is 13.6. The molecule has 3 heterocycles. The first kappa shape index (κ1) is 16.0. The molecule has 0 N–H and O–H groups in total. The van der Waals surface area contributed by atoms with E-state index in [1.54, 1.807) is 11.8 Å². The lowest BCUT2D eigenvalue weighted by Crippen LogP contribution is -2.25. The molecule has 124 valence electrons. The van der Waals surface area contributed by atoms with Crippen molar-refractivity contribution in [1.82, 2.24) is 9.97 Å². The molecule has 24 heavy (non-hydrogen) atoms. The summed E-state index contributed by atoms with van der Waals surface area (Å²) in [6.07, 6.45) is 4.84. The van der Waals surface area contributed by atoms with Crippen LogP contribution in [0.25, 0.3) is 0 Å². The fraction of sp³-hybridized carbons (Fsp3) is 0.389. The second-order valence-corrected chi connectivity index (χ2v) is 8.02.